The maximum atomic E-state index is 13.6. The Labute approximate surface area is 279 Å². The quantitative estimate of drug-likeness (QED) is 0.110. The molecular formula is C32H29N5O9S2. The molecule has 1 fully saturated rings. The summed E-state index contributed by atoms with van der Waals surface area (Å²) in [4.78, 5) is 27.8. The number of nitrogens with two attached hydrogens (primary N) is 1. The van der Waals surface area contributed by atoms with Crippen molar-refractivity contribution in [2.75, 3.05) is 26.1 Å². The van der Waals surface area contributed by atoms with Gasteiger partial charge in [-0.05, 0) is 72.4 Å². The summed E-state index contributed by atoms with van der Waals surface area (Å²) >= 11 is 1.09. The zero-order valence-electron chi connectivity index (χ0n) is 25.5. The number of phenols is 1. The molecule has 2 heterocycles. The van der Waals surface area contributed by atoms with Gasteiger partial charge in [0.15, 0.2) is 23.3 Å². The van der Waals surface area contributed by atoms with Crippen LogP contribution in [-0.4, -0.2) is 62.4 Å². The van der Waals surface area contributed by atoms with Crippen LogP contribution >= 0.6 is 11.8 Å². The van der Waals surface area contributed by atoms with Crippen molar-refractivity contribution in [3.05, 3.63) is 101 Å². The number of hydrogen-bond donors (Lipinski definition) is 3. The van der Waals surface area contributed by atoms with Gasteiger partial charge in [0.1, 0.15) is 11.5 Å². The minimum absolute atomic E-state index is 0.0838. The van der Waals surface area contributed by atoms with E-state index in [1.807, 2.05) is 0 Å². The Bertz CT molecular complexity index is 1980. The molecule has 1 aliphatic heterocycles. The molecule has 0 unspecified atom stereocenters. The first-order valence-corrected chi connectivity index (χ1v) is 16.4. The molecule has 1 aliphatic rings. The second-order valence-corrected chi connectivity index (χ2v) is 12.5. The van der Waals surface area contributed by atoms with E-state index in [-0.39, 0.29) is 46.4 Å². The molecule has 1 aromatic heterocycles. The average molecular weight is 692 g/mol. The number of thioether (sulfide) groups is 1. The summed E-state index contributed by atoms with van der Waals surface area (Å²) in [6, 6.07) is 18.8. The molecule has 248 valence electrons. The molecule has 3 aromatic carbocycles. The number of benzene rings is 3. The molecule has 2 amide bonds. The zero-order valence-corrected chi connectivity index (χ0v) is 27.2. The molecule has 48 heavy (non-hydrogen) atoms. The standard InChI is InChI=1S/C32H29N5O9S2/c1-43-26-14-20(15-27(44-2)30(26)39)17-34-36-32-37(18-23-7-5-13-45-23)31(40)28(47-32)16-21-6-3-4-8-25(21)46-19-29(38)35-22-9-11-24(12-10-22)48(33,41)42/h3-17,39H,18-19H2,1-2H3,(H,35,38)(H2,33,41,42)/b28-16-,34-17+,36-32-. The van der Waals surface area contributed by atoms with E-state index in [0.717, 1.165) is 11.8 Å². The molecule has 16 heteroatoms. The lowest BCUT2D eigenvalue weighted by Gasteiger charge is -2.13. The predicted octanol–water partition coefficient (Wildman–Crippen LogP) is 4.17. The summed E-state index contributed by atoms with van der Waals surface area (Å²) < 4.78 is 44.6. The van der Waals surface area contributed by atoms with Crippen LogP contribution in [-0.2, 0) is 26.2 Å². The number of amides is 2. The molecule has 0 spiro atoms. The molecule has 4 N–H and O–H groups in total. The summed E-state index contributed by atoms with van der Waals surface area (Å²) in [6.07, 6.45) is 4.56. The van der Waals surface area contributed by atoms with Crippen molar-refractivity contribution in [1.29, 1.82) is 0 Å². The summed E-state index contributed by atoms with van der Waals surface area (Å²) in [5, 5.41) is 26.7. The van der Waals surface area contributed by atoms with Crippen LogP contribution in [0.3, 0.4) is 0 Å². The Morgan fingerprint density at radius 2 is 1.75 bits per heavy atom. The van der Waals surface area contributed by atoms with Crippen LogP contribution in [0.4, 0.5) is 5.69 Å². The first-order valence-electron chi connectivity index (χ1n) is 14.0. The number of methoxy groups -OCH3 is 2. The van der Waals surface area contributed by atoms with Crippen LogP contribution in [0.5, 0.6) is 23.0 Å². The van der Waals surface area contributed by atoms with E-state index < -0.39 is 15.9 Å². The highest BCUT2D eigenvalue weighted by Crippen LogP contribution is 2.37. The highest BCUT2D eigenvalue weighted by Gasteiger charge is 2.34. The topological polar surface area (TPSA) is 195 Å². The van der Waals surface area contributed by atoms with Gasteiger partial charge in [-0.25, -0.2) is 13.6 Å². The fourth-order valence-electron chi connectivity index (χ4n) is 4.35. The Hall–Kier alpha value is -5.58. The van der Waals surface area contributed by atoms with E-state index in [9.17, 15) is 23.1 Å². The molecule has 0 bridgehead atoms. The highest BCUT2D eigenvalue weighted by molar-refractivity contribution is 8.18. The van der Waals surface area contributed by atoms with Gasteiger partial charge in [0.05, 0.1) is 43.0 Å². The first-order chi connectivity index (χ1) is 23.0. The Kier molecular flexibility index (Phi) is 10.5. The lowest BCUT2D eigenvalue weighted by Crippen LogP contribution is -2.28. The molecule has 14 nitrogen and oxygen atoms in total. The monoisotopic (exact) mass is 691 g/mol. The Balaban J connectivity index is 1.34. The van der Waals surface area contributed by atoms with Gasteiger partial charge < -0.3 is 29.1 Å². The van der Waals surface area contributed by atoms with E-state index in [0.29, 0.717) is 33.2 Å². The number of nitrogens with one attached hydrogen (secondary N) is 1. The van der Waals surface area contributed by atoms with Crippen molar-refractivity contribution < 1.29 is 41.7 Å². The van der Waals surface area contributed by atoms with Crippen LogP contribution in [0.25, 0.3) is 6.08 Å². The number of anilines is 1. The lowest BCUT2D eigenvalue weighted by molar-refractivity contribution is -0.122. The first kappa shape index (κ1) is 33.8. The van der Waals surface area contributed by atoms with E-state index in [4.69, 9.17) is 23.8 Å². The Morgan fingerprint density at radius 3 is 2.40 bits per heavy atom. The fraction of sp³-hybridized carbons (Fsp3) is 0.125. The SMILES string of the molecule is COc1cc(/C=N/N=C2\S/C(=C\c3ccccc3OCC(=O)Nc3ccc(S(N)(=O)=O)cc3)C(=O)N2Cc2ccco2)cc(OC)c1O. The van der Waals surface area contributed by atoms with Crippen molar-refractivity contribution in [3.63, 3.8) is 0 Å². The number of nitrogens with zero attached hydrogens (tertiary/aromatic N) is 3. The number of phenolic OH excluding ortho intramolecular Hbond substituents is 1. The van der Waals surface area contributed by atoms with E-state index in [2.05, 4.69) is 15.5 Å². The second kappa shape index (κ2) is 14.9. The molecule has 0 atom stereocenters. The number of aromatic hydroxyl groups is 1. The molecule has 5 rings (SSSR count). The average Bonchev–Trinajstić information content (AvgIpc) is 3.69. The Morgan fingerprint density at radius 1 is 1.04 bits per heavy atom. The number of carbonyl (C=O) groups is 2. The van der Waals surface area contributed by atoms with Crippen molar-refractivity contribution >= 4 is 56.7 Å². The third kappa shape index (κ3) is 8.22. The number of amidine groups is 1. The lowest BCUT2D eigenvalue weighted by atomic mass is 10.2. The summed E-state index contributed by atoms with van der Waals surface area (Å²) in [7, 11) is -1.04. The summed E-state index contributed by atoms with van der Waals surface area (Å²) in [5.41, 5.74) is 1.42. The van der Waals surface area contributed by atoms with Crippen molar-refractivity contribution in [1.82, 2.24) is 4.90 Å². The smallest absolute Gasteiger partial charge is 0.267 e. The van der Waals surface area contributed by atoms with Gasteiger partial charge in [0.25, 0.3) is 11.8 Å². The maximum absolute atomic E-state index is 13.6. The van der Waals surface area contributed by atoms with Gasteiger partial charge in [-0.2, -0.15) is 5.10 Å². The largest absolute Gasteiger partial charge is 0.502 e. The minimum atomic E-state index is -3.86. The maximum Gasteiger partial charge on any atom is 0.267 e. The van der Waals surface area contributed by atoms with Gasteiger partial charge >= 0.3 is 0 Å². The summed E-state index contributed by atoms with van der Waals surface area (Å²) in [6.45, 7) is -0.265. The van der Waals surface area contributed by atoms with Crippen molar-refractivity contribution in [2.24, 2.45) is 15.3 Å². The van der Waals surface area contributed by atoms with Gasteiger partial charge in [0, 0.05) is 16.8 Å². The van der Waals surface area contributed by atoms with E-state index >= 15 is 0 Å². The minimum Gasteiger partial charge on any atom is -0.502 e. The van der Waals surface area contributed by atoms with Crippen LogP contribution < -0.4 is 24.7 Å². The zero-order chi connectivity index (χ0) is 34.3. The predicted molar refractivity (Wildman–Crippen MR) is 179 cm³/mol. The molecular weight excluding hydrogens is 663 g/mol. The fourth-order valence-corrected chi connectivity index (χ4v) is 5.80. The molecule has 0 saturated carbocycles. The third-order valence-electron chi connectivity index (χ3n) is 6.67. The normalized spacial score (nSPS) is 15.0. The van der Waals surface area contributed by atoms with Crippen LogP contribution in [0, 0.1) is 0 Å². The van der Waals surface area contributed by atoms with E-state index in [1.165, 1.54) is 55.9 Å². The number of hydrogen-bond acceptors (Lipinski definition) is 12. The number of sulfonamides is 1. The number of para-hydroxylation sites is 1. The van der Waals surface area contributed by atoms with Crippen molar-refractivity contribution in [3.8, 4) is 23.0 Å². The van der Waals surface area contributed by atoms with Gasteiger partial charge in [-0.1, -0.05) is 18.2 Å². The molecule has 0 radical (unpaired) electrons. The number of furan rings is 1. The summed E-state index contributed by atoms with van der Waals surface area (Å²) in [5.74, 6) is 0.258. The number of ether oxygens (including phenoxy) is 3. The molecule has 4 aromatic rings. The van der Waals surface area contributed by atoms with Gasteiger partial charge in [-0.15, -0.1) is 5.10 Å². The second-order valence-electron chi connectivity index (χ2n) is 9.93. The number of rotatable bonds is 12. The molecule has 1 saturated heterocycles. The number of primary sulfonamides is 1. The van der Waals surface area contributed by atoms with Crippen LogP contribution in [0.15, 0.2) is 103 Å². The van der Waals surface area contributed by atoms with E-state index in [1.54, 1.807) is 54.6 Å². The van der Waals surface area contributed by atoms with Gasteiger partial charge in [-0.3, -0.25) is 14.5 Å². The van der Waals surface area contributed by atoms with Gasteiger partial charge in [0.2, 0.25) is 15.8 Å². The van der Waals surface area contributed by atoms with Crippen LogP contribution in [0.2, 0.25) is 0 Å². The molecule has 0 aliphatic carbocycles. The van der Waals surface area contributed by atoms with Crippen LogP contribution in [0.1, 0.15) is 16.9 Å². The number of carbonyl (C=O) groups excluding carboxylic acids is 2. The third-order valence-corrected chi connectivity index (χ3v) is 8.59. The van der Waals surface area contributed by atoms with Crippen molar-refractivity contribution in [2.45, 2.75) is 11.4 Å². The highest BCUT2D eigenvalue weighted by atomic mass is 32.2.